The molecular weight excluding hydrogens is 358 g/mol. The lowest BCUT2D eigenvalue weighted by Gasteiger charge is -2.23. The number of para-hydroxylation sites is 2. The third-order valence-electron chi connectivity index (χ3n) is 4.34. The summed E-state index contributed by atoms with van der Waals surface area (Å²) in [6.45, 7) is 4.49. The first-order chi connectivity index (χ1) is 13.0. The molecule has 2 amide bonds. The summed E-state index contributed by atoms with van der Waals surface area (Å²) in [5, 5.41) is 12.5. The minimum atomic E-state index is -0.229. The van der Waals surface area contributed by atoms with Gasteiger partial charge < -0.3 is 15.5 Å². The summed E-state index contributed by atoms with van der Waals surface area (Å²) in [5.41, 5.74) is 3.53. The predicted octanol–water partition coefficient (Wildman–Crippen LogP) is 3.98. The Kier molecular flexibility index (Phi) is 5.93. The minimum absolute atomic E-state index is 0.141. The molecule has 6 nitrogen and oxygen atoms in total. The number of aromatic nitrogens is 2. The number of benzene rings is 1. The number of aryl methyl sites for hydroxylation is 2. The molecule has 1 aromatic carbocycles. The average molecular weight is 384 g/mol. The zero-order chi connectivity index (χ0) is 19.4. The second-order valence-electron chi connectivity index (χ2n) is 6.69. The minimum Gasteiger partial charge on any atom is -0.336 e. The van der Waals surface area contributed by atoms with Crippen LogP contribution < -0.4 is 10.6 Å². The van der Waals surface area contributed by atoms with Crippen molar-refractivity contribution in [3.8, 4) is 5.69 Å². The molecule has 2 heterocycles. The Morgan fingerprint density at radius 1 is 1.22 bits per heavy atom. The number of hydrogen-bond donors (Lipinski definition) is 2. The Morgan fingerprint density at radius 3 is 2.63 bits per heavy atom. The first-order valence-electron chi connectivity index (χ1n) is 8.83. The van der Waals surface area contributed by atoms with Crippen LogP contribution in [0.2, 0.25) is 0 Å². The van der Waals surface area contributed by atoms with Crippen molar-refractivity contribution >= 4 is 23.1 Å². The van der Waals surface area contributed by atoms with Crippen LogP contribution in [0.1, 0.15) is 22.3 Å². The average Bonchev–Trinajstić information content (AvgIpc) is 3.25. The number of thiophene rings is 1. The summed E-state index contributed by atoms with van der Waals surface area (Å²) in [7, 11) is 4.03. The second-order valence-corrected chi connectivity index (χ2v) is 7.67. The van der Waals surface area contributed by atoms with Gasteiger partial charge in [0.1, 0.15) is 0 Å². The first kappa shape index (κ1) is 19.1. The number of carbonyl (C=O) groups is 1. The standard InChI is InChI=1S/C20H25N5OS/c1-14-12-15(2)25(23-14)17-9-6-5-8-16(17)22-20(26)21-13-18(24(3)4)19-10-7-11-27-19/h5-12,18H,13H2,1-4H3,(H2,21,22,26)/t18-/m1/s1. The molecule has 1 atom stereocenters. The molecule has 0 aliphatic carbocycles. The van der Waals surface area contributed by atoms with Crippen molar-refractivity contribution in [3.63, 3.8) is 0 Å². The van der Waals surface area contributed by atoms with Gasteiger partial charge in [0, 0.05) is 17.1 Å². The van der Waals surface area contributed by atoms with Crippen molar-refractivity contribution < 1.29 is 4.79 Å². The van der Waals surface area contributed by atoms with Gasteiger partial charge in [0.05, 0.1) is 23.1 Å². The van der Waals surface area contributed by atoms with Gasteiger partial charge in [0.25, 0.3) is 0 Å². The Balaban J connectivity index is 1.71. The van der Waals surface area contributed by atoms with Crippen molar-refractivity contribution in [1.82, 2.24) is 20.0 Å². The molecule has 3 aromatic rings. The highest BCUT2D eigenvalue weighted by Gasteiger charge is 2.17. The van der Waals surface area contributed by atoms with E-state index in [4.69, 9.17) is 0 Å². The number of anilines is 1. The molecule has 0 spiro atoms. The zero-order valence-electron chi connectivity index (χ0n) is 16.1. The van der Waals surface area contributed by atoms with E-state index >= 15 is 0 Å². The van der Waals surface area contributed by atoms with Gasteiger partial charge in [-0.3, -0.25) is 0 Å². The lowest BCUT2D eigenvalue weighted by Crippen LogP contribution is -2.36. The molecule has 27 heavy (non-hydrogen) atoms. The highest BCUT2D eigenvalue weighted by molar-refractivity contribution is 7.10. The largest absolute Gasteiger partial charge is 0.336 e. The fourth-order valence-electron chi connectivity index (χ4n) is 3.01. The lowest BCUT2D eigenvalue weighted by molar-refractivity contribution is 0.244. The monoisotopic (exact) mass is 383 g/mol. The van der Waals surface area contributed by atoms with Crippen molar-refractivity contribution in [3.05, 3.63) is 64.1 Å². The predicted molar refractivity (Wildman–Crippen MR) is 111 cm³/mol. The maximum Gasteiger partial charge on any atom is 0.319 e. The number of urea groups is 1. The van der Waals surface area contributed by atoms with Crippen LogP contribution >= 0.6 is 11.3 Å². The van der Waals surface area contributed by atoms with Gasteiger partial charge in [-0.1, -0.05) is 18.2 Å². The van der Waals surface area contributed by atoms with Gasteiger partial charge in [-0.05, 0) is 57.6 Å². The van der Waals surface area contributed by atoms with Crippen LogP contribution in [-0.4, -0.2) is 41.4 Å². The van der Waals surface area contributed by atoms with E-state index in [9.17, 15) is 4.79 Å². The molecule has 0 saturated carbocycles. The molecule has 0 radical (unpaired) electrons. The molecule has 3 rings (SSSR count). The molecule has 0 fully saturated rings. The number of hydrogen-bond acceptors (Lipinski definition) is 4. The van der Waals surface area contributed by atoms with E-state index in [0.29, 0.717) is 6.54 Å². The SMILES string of the molecule is Cc1cc(C)n(-c2ccccc2NC(=O)NC[C@H](c2cccs2)N(C)C)n1. The quantitative estimate of drug-likeness (QED) is 0.677. The molecule has 0 unspecified atom stereocenters. The van der Waals surface area contributed by atoms with Crippen molar-refractivity contribution in [2.24, 2.45) is 0 Å². The van der Waals surface area contributed by atoms with Gasteiger partial charge in [-0.25, -0.2) is 9.48 Å². The Bertz CT molecular complexity index is 901. The number of nitrogens with one attached hydrogen (secondary N) is 2. The van der Waals surface area contributed by atoms with Crippen molar-refractivity contribution in [2.45, 2.75) is 19.9 Å². The van der Waals surface area contributed by atoms with Crippen molar-refractivity contribution in [1.29, 1.82) is 0 Å². The Labute approximate surface area is 163 Å². The smallest absolute Gasteiger partial charge is 0.319 e. The van der Waals surface area contributed by atoms with Gasteiger partial charge >= 0.3 is 6.03 Å². The van der Waals surface area contributed by atoms with Crippen LogP contribution in [0.3, 0.4) is 0 Å². The van der Waals surface area contributed by atoms with Crippen LogP contribution in [0, 0.1) is 13.8 Å². The van der Waals surface area contributed by atoms with Gasteiger partial charge in [0.2, 0.25) is 0 Å². The summed E-state index contributed by atoms with van der Waals surface area (Å²) in [4.78, 5) is 15.8. The molecule has 2 aromatic heterocycles. The Morgan fingerprint density at radius 2 is 2.00 bits per heavy atom. The molecule has 0 aliphatic rings. The fourth-order valence-corrected chi connectivity index (χ4v) is 3.93. The van der Waals surface area contributed by atoms with E-state index in [1.54, 1.807) is 11.3 Å². The van der Waals surface area contributed by atoms with E-state index < -0.39 is 0 Å². The fraction of sp³-hybridized carbons (Fsp3) is 0.300. The second kappa shape index (κ2) is 8.37. The van der Waals surface area contributed by atoms with Gasteiger partial charge in [-0.15, -0.1) is 11.3 Å². The topological polar surface area (TPSA) is 62.2 Å². The van der Waals surface area contributed by atoms with Gasteiger partial charge in [0.15, 0.2) is 0 Å². The normalized spacial score (nSPS) is 12.2. The highest BCUT2D eigenvalue weighted by Crippen LogP contribution is 2.23. The highest BCUT2D eigenvalue weighted by atomic mass is 32.1. The molecule has 142 valence electrons. The number of carbonyl (C=O) groups excluding carboxylic acids is 1. The number of likely N-dealkylation sites (N-methyl/N-ethyl adjacent to an activating group) is 1. The summed E-state index contributed by atoms with van der Waals surface area (Å²) in [6.07, 6.45) is 0. The third-order valence-corrected chi connectivity index (χ3v) is 5.31. The maximum absolute atomic E-state index is 12.5. The molecular formula is C20H25N5OS. The molecule has 7 heteroatoms. The number of nitrogens with zero attached hydrogens (tertiary/aromatic N) is 3. The summed E-state index contributed by atoms with van der Waals surface area (Å²) in [6, 6.07) is 13.7. The van der Waals surface area contributed by atoms with E-state index in [2.05, 4.69) is 32.1 Å². The lowest BCUT2D eigenvalue weighted by atomic mass is 10.2. The summed E-state index contributed by atoms with van der Waals surface area (Å²) < 4.78 is 1.85. The number of rotatable bonds is 6. The molecule has 0 bridgehead atoms. The summed E-state index contributed by atoms with van der Waals surface area (Å²) in [5.74, 6) is 0. The molecule has 0 aliphatic heterocycles. The van der Waals surface area contributed by atoms with E-state index in [0.717, 1.165) is 22.8 Å². The van der Waals surface area contributed by atoms with Crippen molar-refractivity contribution in [2.75, 3.05) is 26.0 Å². The van der Waals surface area contributed by atoms with Crippen LogP contribution in [0.5, 0.6) is 0 Å². The number of amides is 2. The van der Waals surface area contributed by atoms with Crippen LogP contribution in [0.4, 0.5) is 10.5 Å². The van der Waals surface area contributed by atoms with Gasteiger partial charge in [-0.2, -0.15) is 5.10 Å². The molecule has 0 saturated heterocycles. The Hall–Kier alpha value is -2.64. The van der Waals surface area contributed by atoms with Crippen LogP contribution in [0.15, 0.2) is 47.8 Å². The van der Waals surface area contributed by atoms with Crippen LogP contribution in [0.25, 0.3) is 5.69 Å². The zero-order valence-corrected chi connectivity index (χ0v) is 16.9. The third kappa shape index (κ3) is 4.56. The molecule has 2 N–H and O–H groups in total. The first-order valence-corrected chi connectivity index (χ1v) is 9.71. The summed E-state index contributed by atoms with van der Waals surface area (Å²) >= 11 is 1.69. The van der Waals surface area contributed by atoms with E-state index in [-0.39, 0.29) is 12.1 Å². The van der Waals surface area contributed by atoms with E-state index in [1.165, 1.54) is 4.88 Å². The van der Waals surface area contributed by atoms with Crippen LogP contribution in [-0.2, 0) is 0 Å². The van der Waals surface area contributed by atoms with E-state index in [1.807, 2.05) is 69.0 Å². The maximum atomic E-state index is 12.5.